The topological polar surface area (TPSA) is 57.2 Å². The fraction of sp³-hybridized carbons (Fsp3) is 0.667. The number of unbranched alkanes of at least 4 members (excludes halogenated alkanes) is 9. The summed E-state index contributed by atoms with van der Waals surface area (Å²) in [7, 11) is -4.35. The molecule has 0 spiro atoms. The number of aryl methyl sites for hydroxylation is 1. The smallest absolute Gasteiger partial charge is 0.124 e. The van der Waals surface area contributed by atoms with Gasteiger partial charge in [-0.05, 0) is 24.5 Å². The first kappa shape index (κ1) is 23.5. The summed E-state index contributed by atoms with van der Waals surface area (Å²) in [5.74, 6) is 0. The summed E-state index contributed by atoms with van der Waals surface area (Å²) >= 11 is 0. The Labute approximate surface area is 175 Å². The molecule has 3 nitrogen and oxygen atoms in total. The first-order valence-corrected chi connectivity index (χ1v) is 10.0. The van der Waals surface area contributed by atoms with E-state index >= 15 is 0 Å². The second-order valence-electron chi connectivity index (χ2n) is 5.99. The zero-order chi connectivity index (χ0) is 16.3. The van der Waals surface area contributed by atoms with Crippen molar-refractivity contribution in [2.45, 2.75) is 82.4 Å². The third-order valence-corrected chi connectivity index (χ3v) is 4.98. The normalized spacial score (nSPS) is 11.2. The zero-order valence-electron chi connectivity index (χ0n) is 14.2. The number of benzene rings is 1. The van der Waals surface area contributed by atoms with E-state index in [1.54, 1.807) is 18.2 Å². The molecule has 0 unspecified atom stereocenters. The van der Waals surface area contributed by atoms with Crippen molar-refractivity contribution < 1.29 is 54.7 Å². The van der Waals surface area contributed by atoms with E-state index in [2.05, 4.69) is 6.92 Å². The van der Waals surface area contributed by atoms with Crippen LogP contribution in [0.4, 0.5) is 0 Å². The van der Waals surface area contributed by atoms with E-state index in [9.17, 15) is 13.0 Å². The maximum Gasteiger partial charge on any atom is 0.124 e. The minimum Gasteiger partial charge on any atom is -0.744 e. The van der Waals surface area contributed by atoms with Crippen LogP contribution in [-0.4, -0.2) is 13.0 Å². The number of rotatable bonds is 12. The fourth-order valence-corrected chi connectivity index (χ4v) is 3.49. The van der Waals surface area contributed by atoms with E-state index < -0.39 is 10.1 Å². The van der Waals surface area contributed by atoms with Crippen LogP contribution in [0.5, 0.6) is 0 Å². The molecule has 0 bridgehead atoms. The Hall–Kier alpha value is 0.507. The van der Waals surface area contributed by atoms with Crippen LogP contribution in [0.15, 0.2) is 29.2 Å². The molecule has 0 aromatic heterocycles. The molecule has 1 rings (SSSR count). The predicted molar refractivity (Wildman–Crippen MR) is 90.0 cm³/mol. The Bertz CT molecular complexity index is 515. The van der Waals surface area contributed by atoms with Crippen LogP contribution in [-0.2, 0) is 16.5 Å². The Morgan fingerprint density at radius 1 is 0.826 bits per heavy atom. The summed E-state index contributed by atoms with van der Waals surface area (Å²) < 4.78 is 33.5. The van der Waals surface area contributed by atoms with Gasteiger partial charge in [-0.15, -0.1) is 0 Å². The standard InChI is InChI=1S/C18H30O3S.Ce/c1-2-3-4-5-6-7-8-9-10-11-14-17-15-12-13-16-18(17)22(19,20)21;/h12-13,15-16H,2-11,14H2,1H3,(H,19,20,21);/p-1. The SMILES string of the molecule is CCCCCCCCCCCCc1ccccc1S(=O)(=O)[O-].[Ce]. The van der Waals surface area contributed by atoms with Crippen molar-refractivity contribution in [2.24, 2.45) is 0 Å². The largest absolute Gasteiger partial charge is 0.744 e. The Kier molecular flexibility index (Phi) is 14.1. The second kappa shape index (κ2) is 13.8. The van der Waals surface area contributed by atoms with Crippen molar-refractivity contribution in [1.82, 2.24) is 0 Å². The molecule has 0 atom stereocenters. The van der Waals surface area contributed by atoms with Gasteiger partial charge in [-0.3, -0.25) is 0 Å². The molecule has 0 aliphatic carbocycles. The van der Waals surface area contributed by atoms with E-state index in [1.165, 1.54) is 57.4 Å². The summed E-state index contributed by atoms with van der Waals surface area (Å²) in [5.41, 5.74) is 0.664. The van der Waals surface area contributed by atoms with Gasteiger partial charge >= 0.3 is 0 Å². The van der Waals surface area contributed by atoms with Gasteiger partial charge in [-0.1, -0.05) is 82.9 Å². The molecular weight excluding hydrogens is 436 g/mol. The first-order chi connectivity index (χ1) is 10.6. The van der Waals surface area contributed by atoms with E-state index in [4.69, 9.17) is 0 Å². The van der Waals surface area contributed by atoms with Crippen molar-refractivity contribution in [3.8, 4) is 0 Å². The second-order valence-corrected chi connectivity index (χ2v) is 7.34. The fourth-order valence-electron chi connectivity index (χ4n) is 2.76. The van der Waals surface area contributed by atoms with Crippen LogP contribution in [0.25, 0.3) is 0 Å². The zero-order valence-corrected chi connectivity index (χ0v) is 18.2. The van der Waals surface area contributed by atoms with Gasteiger partial charge in [0.25, 0.3) is 0 Å². The maximum absolute atomic E-state index is 11.2. The van der Waals surface area contributed by atoms with Crippen LogP contribution in [0.1, 0.15) is 76.7 Å². The van der Waals surface area contributed by atoms with Crippen LogP contribution in [0.2, 0.25) is 0 Å². The van der Waals surface area contributed by atoms with Gasteiger partial charge in [0.05, 0.1) is 4.90 Å². The molecule has 0 aliphatic heterocycles. The molecule has 0 saturated heterocycles. The van der Waals surface area contributed by atoms with E-state index in [-0.39, 0.29) is 46.6 Å². The van der Waals surface area contributed by atoms with Gasteiger partial charge in [-0.25, -0.2) is 8.42 Å². The minimum atomic E-state index is -4.35. The van der Waals surface area contributed by atoms with E-state index in [1.807, 2.05) is 0 Å². The Balaban J connectivity index is 0.00000484. The van der Waals surface area contributed by atoms with Gasteiger partial charge in [0.15, 0.2) is 0 Å². The molecule has 5 heteroatoms. The predicted octanol–water partition coefficient (Wildman–Crippen LogP) is 5.05. The van der Waals surface area contributed by atoms with Gasteiger partial charge in [0, 0.05) is 41.7 Å². The molecule has 0 aliphatic rings. The molecule has 0 N–H and O–H groups in total. The molecular formula is C18H29CeO3S-. The molecule has 130 valence electrons. The molecule has 0 radical (unpaired) electrons. The summed E-state index contributed by atoms with van der Waals surface area (Å²) in [6, 6.07) is 6.56. The number of hydrogen-bond acceptors (Lipinski definition) is 3. The molecule has 1 aromatic rings. The van der Waals surface area contributed by atoms with E-state index in [0.29, 0.717) is 12.0 Å². The first-order valence-electron chi connectivity index (χ1n) is 8.59. The third-order valence-electron chi connectivity index (χ3n) is 4.04. The summed E-state index contributed by atoms with van der Waals surface area (Å²) in [4.78, 5) is -0.0501. The van der Waals surface area contributed by atoms with Crippen molar-refractivity contribution >= 4 is 10.1 Å². The van der Waals surface area contributed by atoms with Gasteiger partial charge in [0.1, 0.15) is 10.1 Å². The maximum atomic E-state index is 11.2. The van der Waals surface area contributed by atoms with Crippen LogP contribution >= 0.6 is 0 Å². The molecule has 0 heterocycles. The third kappa shape index (κ3) is 10.9. The van der Waals surface area contributed by atoms with Gasteiger partial charge < -0.3 is 4.55 Å². The van der Waals surface area contributed by atoms with Crippen molar-refractivity contribution in [2.75, 3.05) is 0 Å². The molecule has 0 saturated carbocycles. The molecule has 1 aromatic carbocycles. The molecule has 23 heavy (non-hydrogen) atoms. The summed E-state index contributed by atoms with van der Waals surface area (Å²) in [6.07, 6.45) is 13.2. The number of hydrogen-bond donors (Lipinski definition) is 0. The van der Waals surface area contributed by atoms with Crippen LogP contribution in [0, 0.1) is 41.7 Å². The quantitative estimate of drug-likeness (QED) is 0.320. The summed E-state index contributed by atoms with van der Waals surface area (Å²) in [5, 5.41) is 0. The molecule has 0 fully saturated rings. The minimum absolute atomic E-state index is 0. The van der Waals surface area contributed by atoms with Crippen molar-refractivity contribution in [3.05, 3.63) is 29.8 Å². The van der Waals surface area contributed by atoms with Crippen molar-refractivity contribution in [1.29, 1.82) is 0 Å². The Morgan fingerprint density at radius 2 is 1.30 bits per heavy atom. The molecule has 0 amide bonds. The van der Waals surface area contributed by atoms with E-state index in [0.717, 1.165) is 12.8 Å². The van der Waals surface area contributed by atoms with Crippen LogP contribution in [0.3, 0.4) is 0 Å². The monoisotopic (exact) mass is 465 g/mol. The average molecular weight is 466 g/mol. The van der Waals surface area contributed by atoms with Gasteiger partial charge in [0.2, 0.25) is 0 Å². The Morgan fingerprint density at radius 3 is 1.83 bits per heavy atom. The average Bonchev–Trinajstić information content (AvgIpc) is 2.48. The van der Waals surface area contributed by atoms with Crippen molar-refractivity contribution in [3.63, 3.8) is 0 Å². The van der Waals surface area contributed by atoms with Gasteiger partial charge in [-0.2, -0.15) is 0 Å². The van der Waals surface area contributed by atoms with Crippen LogP contribution < -0.4 is 0 Å². The summed E-state index contributed by atoms with van der Waals surface area (Å²) in [6.45, 7) is 2.23.